The van der Waals surface area contributed by atoms with Gasteiger partial charge in [0.2, 0.25) is 0 Å². The average Bonchev–Trinajstić information content (AvgIpc) is 2.39. The second kappa shape index (κ2) is 5.96. The molecule has 1 aliphatic carbocycles. The Bertz CT molecular complexity index is 419. The van der Waals surface area contributed by atoms with Crippen LogP contribution in [0, 0.1) is 12.8 Å². The van der Waals surface area contributed by atoms with Crippen LogP contribution in [-0.2, 0) is 0 Å². The van der Waals surface area contributed by atoms with Gasteiger partial charge < -0.3 is 10.1 Å². The first-order valence-corrected chi connectivity index (χ1v) is 7.79. The Hall–Kier alpha value is -1.02. The summed E-state index contributed by atoms with van der Waals surface area (Å²) in [7, 11) is 0. The van der Waals surface area contributed by atoms with Crippen molar-refractivity contribution in [3.63, 3.8) is 0 Å². The van der Waals surface area contributed by atoms with Crippen molar-refractivity contribution in [2.75, 3.05) is 13.2 Å². The Balaban J connectivity index is 1.73. The minimum Gasteiger partial charge on any atom is -0.493 e. The molecule has 1 atom stereocenters. The van der Waals surface area contributed by atoms with Crippen molar-refractivity contribution in [3.8, 4) is 5.75 Å². The van der Waals surface area contributed by atoms with Crippen LogP contribution in [0.2, 0.25) is 0 Å². The SMILES string of the molecule is Cc1ccc(OCC2CCC2)c(C2CCCCN2)c1. The molecule has 2 heteroatoms. The lowest BCUT2D eigenvalue weighted by Gasteiger charge is -2.28. The Morgan fingerprint density at radius 3 is 2.74 bits per heavy atom. The summed E-state index contributed by atoms with van der Waals surface area (Å²) < 4.78 is 6.11. The fraction of sp³-hybridized carbons (Fsp3) is 0.647. The van der Waals surface area contributed by atoms with E-state index < -0.39 is 0 Å². The molecule has 0 radical (unpaired) electrons. The third kappa shape index (κ3) is 3.11. The molecule has 1 saturated heterocycles. The van der Waals surface area contributed by atoms with Crippen LogP contribution in [0.25, 0.3) is 0 Å². The first kappa shape index (κ1) is 13.0. The summed E-state index contributed by atoms with van der Waals surface area (Å²) in [6, 6.07) is 7.13. The van der Waals surface area contributed by atoms with Gasteiger partial charge in [0.25, 0.3) is 0 Å². The number of piperidine rings is 1. The van der Waals surface area contributed by atoms with E-state index in [0.717, 1.165) is 24.8 Å². The fourth-order valence-electron chi connectivity index (χ4n) is 3.06. The standard InChI is InChI=1S/C17H25NO/c1-13-8-9-17(19-12-14-5-4-6-14)15(11-13)16-7-2-3-10-18-16/h8-9,11,14,16,18H,2-7,10,12H2,1H3. The lowest BCUT2D eigenvalue weighted by molar-refractivity contribution is 0.178. The molecule has 0 amide bonds. The van der Waals surface area contributed by atoms with E-state index >= 15 is 0 Å². The lowest BCUT2D eigenvalue weighted by atomic mass is 9.86. The van der Waals surface area contributed by atoms with Crippen LogP contribution < -0.4 is 10.1 Å². The first-order valence-electron chi connectivity index (χ1n) is 7.79. The summed E-state index contributed by atoms with van der Waals surface area (Å²) in [6.07, 6.45) is 7.96. The monoisotopic (exact) mass is 259 g/mol. The molecule has 2 nitrogen and oxygen atoms in total. The molecule has 19 heavy (non-hydrogen) atoms. The zero-order valence-electron chi connectivity index (χ0n) is 12.0. The van der Waals surface area contributed by atoms with Crippen molar-refractivity contribution in [2.45, 2.75) is 51.5 Å². The average molecular weight is 259 g/mol. The van der Waals surface area contributed by atoms with Crippen molar-refractivity contribution in [1.29, 1.82) is 0 Å². The number of hydrogen-bond donors (Lipinski definition) is 1. The molecule has 104 valence electrons. The van der Waals surface area contributed by atoms with Gasteiger partial charge in [-0.2, -0.15) is 0 Å². The zero-order valence-corrected chi connectivity index (χ0v) is 12.0. The highest BCUT2D eigenvalue weighted by atomic mass is 16.5. The highest BCUT2D eigenvalue weighted by Crippen LogP contribution is 2.33. The number of nitrogens with one attached hydrogen (secondary N) is 1. The summed E-state index contributed by atoms with van der Waals surface area (Å²) in [6.45, 7) is 4.21. The molecule has 3 rings (SSSR count). The van der Waals surface area contributed by atoms with Gasteiger partial charge in [-0.05, 0) is 51.1 Å². The molecular weight excluding hydrogens is 234 g/mol. The van der Waals surface area contributed by atoms with E-state index in [4.69, 9.17) is 4.74 Å². The van der Waals surface area contributed by atoms with E-state index in [2.05, 4.69) is 30.4 Å². The van der Waals surface area contributed by atoms with Crippen LogP contribution in [0.15, 0.2) is 18.2 Å². The van der Waals surface area contributed by atoms with Gasteiger partial charge in [0.15, 0.2) is 0 Å². The number of hydrogen-bond acceptors (Lipinski definition) is 2. The molecule has 1 heterocycles. The summed E-state index contributed by atoms with van der Waals surface area (Å²) in [4.78, 5) is 0. The Kier molecular flexibility index (Phi) is 4.07. The Labute approximate surface area is 116 Å². The lowest BCUT2D eigenvalue weighted by Crippen LogP contribution is -2.27. The van der Waals surface area contributed by atoms with Crippen LogP contribution in [0.5, 0.6) is 5.75 Å². The smallest absolute Gasteiger partial charge is 0.124 e. The predicted molar refractivity (Wildman–Crippen MR) is 78.6 cm³/mol. The predicted octanol–water partition coefficient (Wildman–Crippen LogP) is 3.99. The maximum atomic E-state index is 6.11. The van der Waals surface area contributed by atoms with Crippen LogP contribution in [0.3, 0.4) is 0 Å². The largest absolute Gasteiger partial charge is 0.493 e. The van der Waals surface area contributed by atoms with Gasteiger partial charge in [0.05, 0.1) is 6.61 Å². The molecule has 1 aliphatic heterocycles. The highest BCUT2D eigenvalue weighted by molar-refractivity contribution is 5.39. The van der Waals surface area contributed by atoms with Gasteiger partial charge in [-0.3, -0.25) is 0 Å². The molecule has 1 saturated carbocycles. The van der Waals surface area contributed by atoms with Crippen LogP contribution in [-0.4, -0.2) is 13.2 Å². The van der Waals surface area contributed by atoms with E-state index in [0.29, 0.717) is 6.04 Å². The van der Waals surface area contributed by atoms with Gasteiger partial charge in [-0.1, -0.05) is 30.5 Å². The number of benzene rings is 1. The second-order valence-corrected chi connectivity index (χ2v) is 6.15. The van der Waals surface area contributed by atoms with Crippen LogP contribution in [0.1, 0.15) is 55.7 Å². The van der Waals surface area contributed by atoms with Gasteiger partial charge >= 0.3 is 0 Å². The molecule has 2 fully saturated rings. The molecule has 2 aliphatic rings. The Morgan fingerprint density at radius 1 is 1.16 bits per heavy atom. The quantitative estimate of drug-likeness (QED) is 0.883. The van der Waals surface area contributed by atoms with Crippen LogP contribution in [0.4, 0.5) is 0 Å². The third-order valence-corrected chi connectivity index (χ3v) is 4.55. The van der Waals surface area contributed by atoms with Crippen molar-refractivity contribution >= 4 is 0 Å². The number of rotatable bonds is 4. The van der Waals surface area contributed by atoms with E-state index in [9.17, 15) is 0 Å². The molecule has 0 bridgehead atoms. The molecular formula is C17H25NO. The molecule has 0 aromatic heterocycles. The van der Waals surface area contributed by atoms with Crippen molar-refractivity contribution in [1.82, 2.24) is 5.32 Å². The van der Waals surface area contributed by atoms with E-state index in [1.54, 1.807) is 0 Å². The van der Waals surface area contributed by atoms with Gasteiger partial charge in [0, 0.05) is 11.6 Å². The van der Waals surface area contributed by atoms with Gasteiger partial charge in [0.1, 0.15) is 5.75 Å². The normalized spacial score (nSPS) is 23.9. The summed E-state index contributed by atoms with van der Waals surface area (Å²) >= 11 is 0. The summed E-state index contributed by atoms with van der Waals surface area (Å²) in [5.74, 6) is 1.91. The zero-order chi connectivity index (χ0) is 13.1. The summed E-state index contributed by atoms with van der Waals surface area (Å²) in [5.41, 5.74) is 2.71. The Morgan fingerprint density at radius 2 is 2.05 bits per heavy atom. The maximum Gasteiger partial charge on any atom is 0.124 e. The van der Waals surface area contributed by atoms with E-state index in [1.165, 1.54) is 49.7 Å². The molecule has 1 aromatic carbocycles. The fourth-order valence-corrected chi connectivity index (χ4v) is 3.06. The molecule has 1 N–H and O–H groups in total. The first-order chi connectivity index (χ1) is 9.33. The minimum atomic E-state index is 0.491. The van der Waals surface area contributed by atoms with Crippen molar-refractivity contribution < 1.29 is 4.74 Å². The van der Waals surface area contributed by atoms with Crippen molar-refractivity contribution in [3.05, 3.63) is 29.3 Å². The van der Waals surface area contributed by atoms with Gasteiger partial charge in [-0.15, -0.1) is 0 Å². The number of aryl methyl sites for hydroxylation is 1. The molecule has 1 unspecified atom stereocenters. The van der Waals surface area contributed by atoms with Gasteiger partial charge in [-0.25, -0.2) is 0 Å². The topological polar surface area (TPSA) is 21.3 Å². The third-order valence-electron chi connectivity index (χ3n) is 4.55. The second-order valence-electron chi connectivity index (χ2n) is 6.15. The maximum absolute atomic E-state index is 6.11. The highest BCUT2D eigenvalue weighted by Gasteiger charge is 2.21. The molecule has 1 aromatic rings. The van der Waals surface area contributed by atoms with E-state index in [-0.39, 0.29) is 0 Å². The summed E-state index contributed by atoms with van der Waals surface area (Å²) in [5, 5.41) is 3.64. The van der Waals surface area contributed by atoms with Crippen molar-refractivity contribution in [2.24, 2.45) is 5.92 Å². The minimum absolute atomic E-state index is 0.491. The molecule has 0 spiro atoms. The van der Waals surface area contributed by atoms with E-state index in [1.807, 2.05) is 0 Å². The number of ether oxygens (including phenoxy) is 1. The van der Waals surface area contributed by atoms with Crippen LogP contribution >= 0.6 is 0 Å².